The second kappa shape index (κ2) is 8.41. The van der Waals surface area contributed by atoms with E-state index >= 15 is 0 Å². The van der Waals surface area contributed by atoms with Gasteiger partial charge in [-0.25, -0.2) is 5.48 Å². The maximum absolute atomic E-state index is 12.3. The third-order valence-electron chi connectivity index (χ3n) is 4.28. The molecule has 0 aliphatic heterocycles. The van der Waals surface area contributed by atoms with Gasteiger partial charge >= 0.3 is 0 Å². The van der Waals surface area contributed by atoms with Crippen LogP contribution in [0.5, 0.6) is 0 Å². The smallest absolute Gasteiger partial charge is 0.274 e. The molecule has 0 saturated heterocycles. The highest BCUT2D eigenvalue weighted by Gasteiger charge is 2.15. The van der Waals surface area contributed by atoms with Gasteiger partial charge in [0, 0.05) is 18.4 Å². The van der Waals surface area contributed by atoms with E-state index in [1.807, 2.05) is 49.4 Å². The van der Waals surface area contributed by atoms with Crippen LogP contribution in [0.2, 0.25) is 0 Å². The Morgan fingerprint density at radius 3 is 1.88 bits per heavy atom. The second-order valence-corrected chi connectivity index (χ2v) is 6.22. The fourth-order valence-electron chi connectivity index (χ4n) is 2.81. The Bertz CT molecular complexity index is 680. The van der Waals surface area contributed by atoms with Gasteiger partial charge in [0.1, 0.15) is 5.78 Å². The quantitative estimate of drug-likeness (QED) is 0.596. The van der Waals surface area contributed by atoms with Gasteiger partial charge in [0.2, 0.25) is 0 Å². The van der Waals surface area contributed by atoms with Crippen molar-refractivity contribution in [1.29, 1.82) is 0 Å². The molecule has 4 heteroatoms. The molecule has 0 spiro atoms. The maximum atomic E-state index is 12.3. The Morgan fingerprint density at radius 1 is 0.875 bits per heavy atom. The van der Waals surface area contributed by atoms with Gasteiger partial charge in [-0.2, -0.15) is 0 Å². The average Bonchev–Trinajstić information content (AvgIpc) is 2.61. The van der Waals surface area contributed by atoms with Crippen molar-refractivity contribution in [3.63, 3.8) is 0 Å². The summed E-state index contributed by atoms with van der Waals surface area (Å²) in [5.41, 5.74) is 4.18. The number of nitrogens with one attached hydrogen (secondary N) is 1. The van der Waals surface area contributed by atoms with E-state index < -0.39 is 5.91 Å². The number of benzene rings is 2. The maximum Gasteiger partial charge on any atom is 0.274 e. The van der Waals surface area contributed by atoms with Crippen LogP contribution in [-0.2, 0) is 4.79 Å². The minimum Gasteiger partial charge on any atom is -0.300 e. The Morgan fingerprint density at radius 2 is 1.38 bits per heavy atom. The van der Waals surface area contributed by atoms with Gasteiger partial charge in [0.05, 0.1) is 0 Å². The normalized spacial score (nSPS) is 13.1. The molecule has 2 rings (SSSR count). The summed E-state index contributed by atoms with van der Waals surface area (Å²) < 4.78 is 0. The molecule has 0 aliphatic carbocycles. The first-order valence-electron chi connectivity index (χ1n) is 8.12. The molecule has 0 fully saturated rings. The summed E-state index contributed by atoms with van der Waals surface area (Å²) in [5, 5.41) is 8.62. The van der Waals surface area contributed by atoms with Crippen LogP contribution in [0.3, 0.4) is 0 Å². The van der Waals surface area contributed by atoms with E-state index in [4.69, 9.17) is 5.21 Å². The minimum atomic E-state index is -0.540. The Hall–Kier alpha value is -2.46. The predicted molar refractivity (Wildman–Crippen MR) is 93.2 cm³/mol. The zero-order valence-electron chi connectivity index (χ0n) is 14.0. The van der Waals surface area contributed by atoms with E-state index in [0.29, 0.717) is 18.4 Å². The molecule has 2 atom stereocenters. The van der Waals surface area contributed by atoms with Gasteiger partial charge in [-0.05, 0) is 35.1 Å². The Balaban J connectivity index is 1.92. The predicted octanol–water partition coefficient (Wildman–Crippen LogP) is 4.06. The van der Waals surface area contributed by atoms with Gasteiger partial charge < -0.3 is 0 Å². The summed E-state index contributed by atoms with van der Waals surface area (Å²) in [6.45, 7) is 4.08. The summed E-state index contributed by atoms with van der Waals surface area (Å²) in [6.07, 6.45) is 1.00. The van der Waals surface area contributed by atoms with Crippen molar-refractivity contribution in [1.82, 2.24) is 5.48 Å². The molecular formula is C20H23NO3. The second-order valence-electron chi connectivity index (χ2n) is 6.22. The molecular weight excluding hydrogens is 302 g/mol. The van der Waals surface area contributed by atoms with Crippen LogP contribution < -0.4 is 5.48 Å². The highest BCUT2D eigenvalue weighted by atomic mass is 16.5. The number of hydroxylamine groups is 1. The Labute approximate surface area is 142 Å². The zero-order chi connectivity index (χ0) is 17.5. The summed E-state index contributed by atoms with van der Waals surface area (Å²) in [6, 6.07) is 17.0. The number of carbonyl (C=O) groups excluding carboxylic acids is 2. The number of hydrogen-bond acceptors (Lipinski definition) is 3. The lowest BCUT2D eigenvalue weighted by molar-refractivity contribution is -0.119. The molecule has 0 unspecified atom stereocenters. The van der Waals surface area contributed by atoms with Crippen LogP contribution in [0.4, 0.5) is 0 Å². The van der Waals surface area contributed by atoms with E-state index in [0.717, 1.165) is 5.56 Å². The largest absolute Gasteiger partial charge is 0.300 e. The number of hydrogen-bond donors (Lipinski definition) is 2. The third-order valence-corrected chi connectivity index (χ3v) is 4.28. The molecule has 0 heterocycles. The standard InChI is InChI=1S/C20H23NO3/c1-14(16-6-4-3-5-7-16)12-19(22)13-15(2)17-8-10-18(11-9-17)20(23)21-24/h3-11,14-15,24H,12-13H2,1-2H3,(H,21,23)/t14-,15-/m0/s1. The van der Waals surface area contributed by atoms with Gasteiger partial charge in [-0.3, -0.25) is 14.8 Å². The van der Waals surface area contributed by atoms with Crippen LogP contribution in [-0.4, -0.2) is 16.9 Å². The topological polar surface area (TPSA) is 66.4 Å². The minimum absolute atomic E-state index is 0.0895. The van der Waals surface area contributed by atoms with Crippen molar-refractivity contribution >= 4 is 11.7 Å². The molecule has 4 nitrogen and oxygen atoms in total. The highest BCUT2D eigenvalue weighted by Crippen LogP contribution is 2.24. The third kappa shape index (κ3) is 4.77. The van der Waals surface area contributed by atoms with Gasteiger partial charge in [0.15, 0.2) is 0 Å². The van der Waals surface area contributed by atoms with E-state index in [9.17, 15) is 9.59 Å². The SMILES string of the molecule is C[C@@H](CC(=O)C[C@H](C)c1ccc(C(=O)NO)cc1)c1ccccc1. The summed E-state index contributed by atoms with van der Waals surface area (Å²) in [5.74, 6) is -0.00812. The molecule has 0 aromatic heterocycles. The van der Waals surface area contributed by atoms with Gasteiger partial charge in [0.25, 0.3) is 5.91 Å². The Kier molecular flexibility index (Phi) is 6.27. The molecule has 0 saturated carbocycles. The molecule has 24 heavy (non-hydrogen) atoms. The lowest BCUT2D eigenvalue weighted by Gasteiger charge is -2.15. The highest BCUT2D eigenvalue weighted by molar-refractivity contribution is 5.93. The van der Waals surface area contributed by atoms with E-state index in [1.54, 1.807) is 17.6 Å². The average molecular weight is 325 g/mol. The van der Waals surface area contributed by atoms with Gasteiger partial charge in [-0.15, -0.1) is 0 Å². The van der Waals surface area contributed by atoms with Crippen LogP contribution in [0.25, 0.3) is 0 Å². The van der Waals surface area contributed by atoms with Crippen molar-refractivity contribution in [3.05, 3.63) is 71.3 Å². The molecule has 0 radical (unpaired) electrons. The van der Waals surface area contributed by atoms with Crippen molar-refractivity contribution in [3.8, 4) is 0 Å². The van der Waals surface area contributed by atoms with Crippen molar-refractivity contribution < 1.29 is 14.8 Å². The molecule has 2 N–H and O–H groups in total. The van der Waals surface area contributed by atoms with Crippen LogP contribution in [0, 0.1) is 0 Å². The van der Waals surface area contributed by atoms with Crippen molar-refractivity contribution in [2.75, 3.05) is 0 Å². The van der Waals surface area contributed by atoms with Crippen molar-refractivity contribution in [2.45, 2.75) is 38.5 Å². The molecule has 2 aromatic rings. The first-order valence-corrected chi connectivity index (χ1v) is 8.12. The van der Waals surface area contributed by atoms with E-state index in [1.165, 1.54) is 5.56 Å². The molecule has 1 amide bonds. The summed E-state index contributed by atoms with van der Waals surface area (Å²) in [4.78, 5) is 23.6. The van der Waals surface area contributed by atoms with Gasteiger partial charge in [-0.1, -0.05) is 56.3 Å². The lowest BCUT2D eigenvalue weighted by Crippen LogP contribution is -2.18. The van der Waals surface area contributed by atoms with Crippen molar-refractivity contribution in [2.24, 2.45) is 0 Å². The fraction of sp³-hybridized carbons (Fsp3) is 0.300. The van der Waals surface area contributed by atoms with E-state index in [-0.39, 0.29) is 17.6 Å². The lowest BCUT2D eigenvalue weighted by atomic mass is 9.89. The molecule has 0 aliphatic rings. The molecule has 2 aromatic carbocycles. The number of carbonyl (C=O) groups is 2. The summed E-state index contributed by atoms with van der Waals surface area (Å²) in [7, 11) is 0. The molecule has 126 valence electrons. The number of Topliss-reactive ketones (excluding diaryl/α,β-unsaturated/α-hetero) is 1. The fourth-order valence-corrected chi connectivity index (χ4v) is 2.81. The van der Waals surface area contributed by atoms with E-state index in [2.05, 4.69) is 6.92 Å². The first-order chi connectivity index (χ1) is 11.5. The van der Waals surface area contributed by atoms with Crippen LogP contribution in [0.15, 0.2) is 54.6 Å². The number of ketones is 1. The number of amides is 1. The number of rotatable bonds is 7. The van der Waals surface area contributed by atoms with Crippen LogP contribution >= 0.6 is 0 Å². The van der Waals surface area contributed by atoms with Crippen LogP contribution in [0.1, 0.15) is 60.0 Å². The summed E-state index contributed by atoms with van der Waals surface area (Å²) >= 11 is 0. The first kappa shape index (κ1) is 17.9. The molecule has 0 bridgehead atoms. The monoisotopic (exact) mass is 325 g/mol. The zero-order valence-corrected chi connectivity index (χ0v) is 14.0.